The highest BCUT2D eigenvalue weighted by Gasteiger charge is 2.33. The molecule has 1 aromatic heterocycles. The molecule has 0 spiro atoms. The van der Waals surface area contributed by atoms with Gasteiger partial charge < -0.3 is 0 Å². The molecule has 0 atom stereocenters. The summed E-state index contributed by atoms with van der Waals surface area (Å²) < 4.78 is 90.3. The first-order valence-corrected chi connectivity index (χ1v) is 8.96. The lowest BCUT2D eigenvalue weighted by molar-refractivity contribution is -0.137. The lowest BCUT2D eigenvalue weighted by Gasteiger charge is -2.14. The number of hydrogen-bond donors (Lipinski definition) is 0. The Morgan fingerprint density at radius 2 is 1.56 bits per heavy atom. The van der Waals surface area contributed by atoms with E-state index in [1.807, 2.05) is 0 Å². The molecular weight excluding hydrogens is 466 g/mol. The van der Waals surface area contributed by atoms with E-state index >= 15 is 0 Å². The molecule has 0 saturated heterocycles. The second kappa shape index (κ2) is 8.38. The van der Waals surface area contributed by atoms with Gasteiger partial charge in [0.25, 0.3) is 11.5 Å². The van der Waals surface area contributed by atoms with E-state index in [2.05, 4.69) is 5.10 Å². The molecule has 1 aromatic carbocycles. The van der Waals surface area contributed by atoms with Crippen molar-refractivity contribution in [3.63, 3.8) is 0 Å². The third-order valence-electron chi connectivity index (χ3n) is 2.87. The van der Waals surface area contributed by atoms with E-state index in [1.165, 1.54) is 6.07 Å². The Kier molecular flexibility index (Phi) is 6.83. The molecule has 14 heteroatoms. The Bertz CT molecular complexity index is 870. The minimum absolute atomic E-state index is 0.207. The Hall–Kier alpha value is -1.29. The monoisotopic (exact) mass is 469 g/mol. The predicted molar refractivity (Wildman–Crippen MR) is 87.0 cm³/mol. The van der Waals surface area contributed by atoms with Crippen LogP contribution in [0.4, 0.5) is 30.7 Å². The van der Waals surface area contributed by atoms with E-state index in [-0.39, 0.29) is 23.5 Å². The first-order valence-electron chi connectivity index (χ1n) is 6.45. The zero-order chi connectivity index (χ0) is 20.5. The highest BCUT2D eigenvalue weighted by atomic mass is 35.5. The number of benzene rings is 1. The summed E-state index contributed by atoms with van der Waals surface area (Å²) in [4.78, 5) is -0.565. The average molecular weight is 470 g/mol. The number of hydrogen-bond acceptors (Lipinski definition) is 4. The van der Waals surface area contributed by atoms with Gasteiger partial charge >= 0.3 is 6.18 Å². The van der Waals surface area contributed by atoms with E-state index in [1.54, 1.807) is 0 Å². The van der Waals surface area contributed by atoms with Crippen molar-refractivity contribution >= 4 is 46.7 Å². The van der Waals surface area contributed by atoms with E-state index in [0.29, 0.717) is 16.8 Å². The number of alkyl halides is 7. The van der Waals surface area contributed by atoms with Crippen LogP contribution in [0.2, 0.25) is 10.0 Å². The molecule has 0 N–H and O–H groups in total. The number of aromatic nitrogens is 2. The summed E-state index contributed by atoms with van der Waals surface area (Å²) in [5.41, 5.74) is -2.29. The number of rotatable bonds is 5. The van der Waals surface area contributed by atoms with Crippen LogP contribution >= 0.6 is 46.7 Å². The van der Waals surface area contributed by atoms with Crippen LogP contribution in [0.1, 0.15) is 11.3 Å². The van der Waals surface area contributed by atoms with Gasteiger partial charge in [-0.1, -0.05) is 23.2 Å². The molecule has 0 saturated carbocycles. The van der Waals surface area contributed by atoms with Gasteiger partial charge in [0.2, 0.25) is 0 Å². The molecule has 27 heavy (non-hydrogen) atoms. The zero-order valence-electron chi connectivity index (χ0n) is 12.4. The van der Waals surface area contributed by atoms with Crippen LogP contribution in [0.3, 0.4) is 0 Å². The van der Waals surface area contributed by atoms with Crippen molar-refractivity contribution in [1.29, 1.82) is 5.26 Å². The number of thioether (sulfide) groups is 2. The maximum atomic E-state index is 12.9. The van der Waals surface area contributed by atoms with Crippen molar-refractivity contribution in [2.45, 2.75) is 27.6 Å². The minimum Gasteiger partial charge on any atom is -0.221 e. The van der Waals surface area contributed by atoms with Crippen molar-refractivity contribution in [2.75, 3.05) is 0 Å². The molecule has 0 aliphatic rings. The normalized spacial score (nSPS) is 12.1. The van der Waals surface area contributed by atoms with E-state index in [4.69, 9.17) is 28.5 Å². The number of halogens is 9. The number of nitriles is 1. The molecule has 2 rings (SSSR count). The van der Waals surface area contributed by atoms with Gasteiger partial charge in [-0.15, -0.1) is 0 Å². The summed E-state index contributed by atoms with van der Waals surface area (Å²) in [6.45, 7) is 0. The lowest BCUT2D eigenvalue weighted by atomic mass is 10.2. The summed E-state index contributed by atoms with van der Waals surface area (Å²) in [5, 5.41) is 10.8. The fourth-order valence-corrected chi connectivity index (χ4v) is 4.03. The van der Waals surface area contributed by atoms with Crippen LogP contribution in [0.25, 0.3) is 5.69 Å². The van der Waals surface area contributed by atoms with E-state index < -0.39 is 54.6 Å². The van der Waals surface area contributed by atoms with Gasteiger partial charge in [0.05, 0.1) is 20.5 Å². The van der Waals surface area contributed by atoms with Crippen molar-refractivity contribution < 1.29 is 30.7 Å². The van der Waals surface area contributed by atoms with Crippen LogP contribution in [-0.4, -0.2) is 21.3 Å². The fraction of sp³-hybridized carbons (Fsp3) is 0.231. The SMILES string of the molecule is N#Cc1nn(-c2c(Cl)cc(C(F)(F)F)cc2Cl)c(SC(F)F)c1SC(F)F. The zero-order valence-corrected chi connectivity index (χ0v) is 15.5. The first kappa shape index (κ1) is 22.0. The molecule has 146 valence electrons. The summed E-state index contributed by atoms with van der Waals surface area (Å²) >= 11 is 11.2. The third kappa shape index (κ3) is 4.96. The van der Waals surface area contributed by atoms with Crippen LogP contribution < -0.4 is 0 Å². The van der Waals surface area contributed by atoms with Crippen molar-refractivity contribution in [3.05, 3.63) is 33.4 Å². The Morgan fingerprint density at radius 1 is 1.04 bits per heavy atom. The average Bonchev–Trinajstić information content (AvgIpc) is 2.82. The maximum absolute atomic E-state index is 12.9. The van der Waals surface area contributed by atoms with Crippen molar-refractivity contribution in [3.8, 4) is 11.8 Å². The number of nitrogens with zero attached hydrogens (tertiary/aromatic N) is 3. The van der Waals surface area contributed by atoms with Gasteiger partial charge in [0.1, 0.15) is 16.8 Å². The first-order chi connectivity index (χ1) is 12.5. The third-order valence-corrected chi connectivity index (χ3v) is 5.16. The van der Waals surface area contributed by atoms with Gasteiger partial charge in [0, 0.05) is 0 Å². The Labute approximate surface area is 165 Å². The molecule has 0 radical (unpaired) electrons. The van der Waals surface area contributed by atoms with Gasteiger partial charge in [0.15, 0.2) is 5.69 Å². The van der Waals surface area contributed by atoms with E-state index in [9.17, 15) is 30.7 Å². The van der Waals surface area contributed by atoms with E-state index in [0.717, 1.165) is 0 Å². The molecule has 0 unspecified atom stereocenters. The van der Waals surface area contributed by atoms with Crippen LogP contribution in [0.5, 0.6) is 0 Å². The van der Waals surface area contributed by atoms with Gasteiger partial charge in [-0.2, -0.15) is 41.1 Å². The molecule has 1 heterocycles. The topological polar surface area (TPSA) is 41.6 Å². The van der Waals surface area contributed by atoms with Crippen LogP contribution in [0.15, 0.2) is 22.1 Å². The van der Waals surface area contributed by atoms with Crippen molar-refractivity contribution in [2.24, 2.45) is 0 Å². The molecule has 2 aromatic rings. The van der Waals surface area contributed by atoms with Crippen molar-refractivity contribution in [1.82, 2.24) is 9.78 Å². The highest BCUT2D eigenvalue weighted by Crippen LogP contribution is 2.44. The Balaban J connectivity index is 2.75. The Morgan fingerprint density at radius 3 is 1.96 bits per heavy atom. The largest absolute Gasteiger partial charge is 0.416 e. The predicted octanol–water partition coefficient (Wildman–Crippen LogP) is 6.70. The standard InChI is InChI=1S/C13H4Cl2F7N3S2/c14-5-1-4(13(20,21)22)2-6(15)8(5)25-10(27-12(18)19)9(26-11(16)17)7(3-23)24-25/h1-2,11-12H. The molecule has 0 aliphatic carbocycles. The second-order valence-corrected chi connectivity index (χ2v) is 7.34. The maximum Gasteiger partial charge on any atom is 0.416 e. The summed E-state index contributed by atoms with van der Waals surface area (Å²) in [7, 11) is 0. The molecule has 0 aliphatic heterocycles. The van der Waals surface area contributed by atoms with Crippen LogP contribution in [-0.2, 0) is 6.18 Å². The quantitative estimate of drug-likeness (QED) is 0.360. The lowest BCUT2D eigenvalue weighted by Crippen LogP contribution is -2.08. The molecule has 0 bridgehead atoms. The fourth-order valence-electron chi connectivity index (χ4n) is 1.93. The molecule has 0 amide bonds. The smallest absolute Gasteiger partial charge is 0.221 e. The summed E-state index contributed by atoms with van der Waals surface area (Å²) in [6.07, 6.45) is -4.79. The minimum atomic E-state index is -4.79. The van der Waals surface area contributed by atoms with Gasteiger partial charge in [-0.05, 0) is 35.7 Å². The highest BCUT2D eigenvalue weighted by molar-refractivity contribution is 8.02. The summed E-state index contributed by atoms with van der Waals surface area (Å²) in [5.74, 6) is -6.17. The van der Waals surface area contributed by atoms with Crippen LogP contribution in [0, 0.1) is 11.3 Å². The summed E-state index contributed by atoms with van der Waals surface area (Å²) in [6, 6.07) is 2.43. The molecule has 0 fully saturated rings. The molecule has 3 nitrogen and oxygen atoms in total. The van der Waals surface area contributed by atoms with Gasteiger partial charge in [-0.25, -0.2) is 4.68 Å². The van der Waals surface area contributed by atoms with Gasteiger partial charge in [-0.3, -0.25) is 0 Å². The molecular formula is C13H4Cl2F7N3S2. The second-order valence-electron chi connectivity index (χ2n) is 4.55.